The zero-order chi connectivity index (χ0) is 15.4. The Morgan fingerprint density at radius 2 is 2.14 bits per heavy atom. The lowest BCUT2D eigenvalue weighted by molar-refractivity contribution is -0.138. The number of nitrogens with one attached hydrogen (secondary N) is 1. The number of halogens is 1. The van der Waals surface area contributed by atoms with Gasteiger partial charge in [0.15, 0.2) is 11.5 Å². The number of benzene rings is 1. The minimum atomic E-state index is -0.841. The second kappa shape index (κ2) is 7.24. The van der Waals surface area contributed by atoms with E-state index in [1.165, 1.54) is 11.8 Å². The minimum Gasteiger partial charge on any atom is -0.490 e. The van der Waals surface area contributed by atoms with Crippen molar-refractivity contribution in [1.29, 1.82) is 0 Å². The van der Waals surface area contributed by atoms with Crippen LogP contribution >= 0.6 is 23.4 Å². The summed E-state index contributed by atoms with van der Waals surface area (Å²) in [6, 6.07) is 3.11. The zero-order valence-electron chi connectivity index (χ0n) is 11.9. The van der Waals surface area contributed by atoms with E-state index >= 15 is 0 Å². The van der Waals surface area contributed by atoms with Crippen LogP contribution in [0.15, 0.2) is 12.1 Å². The van der Waals surface area contributed by atoms with E-state index in [-0.39, 0.29) is 5.37 Å². The smallest absolute Gasteiger partial charge is 0.321 e. The molecule has 2 N–H and O–H groups in total. The summed E-state index contributed by atoms with van der Waals surface area (Å²) < 4.78 is 11.1. The van der Waals surface area contributed by atoms with E-state index in [0.717, 1.165) is 5.56 Å². The highest BCUT2D eigenvalue weighted by Gasteiger charge is 2.31. The van der Waals surface area contributed by atoms with Crippen LogP contribution in [0.25, 0.3) is 0 Å². The average Bonchev–Trinajstić information content (AvgIpc) is 2.92. The average molecular weight is 332 g/mol. The Morgan fingerprint density at radius 1 is 1.43 bits per heavy atom. The standard InChI is InChI=1S/C14H18ClNO4S/c1-3-19-11-6-8(5-9(15)12(11)20-4-2)13-16-10(7-21-13)14(17)18/h5-6,10,13,16H,3-4,7H2,1-2H3,(H,17,18). The highest BCUT2D eigenvalue weighted by Crippen LogP contribution is 2.42. The van der Waals surface area contributed by atoms with E-state index in [9.17, 15) is 4.79 Å². The van der Waals surface area contributed by atoms with Gasteiger partial charge in [0.05, 0.1) is 23.6 Å². The van der Waals surface area contributed by atoms with Crippen LogP contribution in [-0.2, 0) is 4.79 Å². The van der Waals surface area contributed by atoms with Crippen molar-refractivity contribution in [3.05, 3.63) is 22.7 Å². The van der Waals surface area contributed by atoms with Crippen LogP contribution in [0.4, 0.5) is 0 Å². The summed E-state index contributed by atoms with van der Waals surface area (Å²) in [5.74, 6) is 0.798. The molecule has 21 heavy (non-hydrogen) atoms. The minimum absolute atomic E-state index is 0.113. The summed E-state index contributed by atoms with van der Waals surface area (Å²) in [6.07, 6.45) is 0. The molecular weight excluding hydrogens is 314 g/mol. The van der Waals surface area contributed by atoms with E-state index in [4.69, 9.17) is 26.2 Å². The van der Waals surface area contributed by atoms with Crippen molar-refractivity contribution < 1.29 is 19.4 Å². The van der Waals surface area contributed by atoms with Crippen molar-refractivity contribution >= 4 is 29.3 Å². The first-order valence-electron chi connectivity index (χ1n) is 6.76. The van der Waals surface area contributed by atoms with Gasteiger partial charge in [-0.1, -0.05) is 11.6 Å². The van der Waals surface area contributed by atoms with Crippen molar-refractivity contribution in [2.24, 2.45) is 0 Å². The Morgan fingerprint density at radius 3 is 2.71 bits per heavy atom. The van der Waals surface area contributed by atoms with E-state index < -0.39 is 12.0 Å². The van der Waals surface area contributed by atoms with Crippen molar-refractivity contribution in [1.82, 2.24) is 5.32 Å². The number of carboxylic acids is 1. The third-order valence-corrected chi connectivity index (χ3v) is 4.55. The van der Waals surface area contributed by atoms with Gasteiger partial charge in [0, 0.05) is 5.75 Å². The van der Waals surface area contributed by atoms with E-state index in [2.05, 4.69) is 5.32 Å². The van der Waals surface area contributed by atoms with Gasteiger partial charge in [-0.2, -0.15) is 0 Å². The maximum atomic E-state index is 11.0. The summed E-state index contributed by atoms with van der Waals surface area (Å²) >= 11 is 7.81. The third kappa shape index (κ3) is 3.75. The number of aliphatic carboxylic acids is 1. The van der Waals surface area contributed by atoms with E-state index in [1.54, 1.807) is 6.07 Å². The maximum absolute atomic E-state index is 11.0. The molecule has 1 heterocycles. The molecule has 2 unspecified atom stereocenters. The van der Waals surface area contributed by atoms with Gasteiger partial charge in [0.2, 0.25) is 0 Å². The molecule has 2 atom stereocenters. The Kier molecular flexibility index (Phi) is 5.61. The number of hydrogen-bond donors (Lipinski definition) is 2. The molecule has 1 fully saturated rings. The Hall–Kier alpha value is -1.11. The third-order valence-electron chi connectivity index (χ3n) is 3.00. The van der Waals surface area contributed by atoms with Crippen molar-refractivity contribution in [3.8, 4) is 11.5 Å². The molecule has 116 valence electrons. The largest absolute Gasteiger partial charge is 0.490 e. The fourth-order valence-corrected chi connectivity index (χ4v) is 3.58. The molecule has 0 aliphatic carbocycles. The van der Waals surface area contributed by atoms with Gasteiger partial charge in [-0.25, -0.2) is 0 Å². The van der Waals surface area contributed by atoms with Crippen LogP contribution in [0.5, 0.6) is 11.5 Å². The second-order valence-electron chi connectivity index (χ2n) is 4.47. The fraction of sp³-hybridized carbons (Fsp3) is 0.500. The number of thioether (sulfide) groups is 1. The lowest BCUT2D eigenvalue weighted by atomic mass is 10.2. The van der Waals surface area contributed by atoms with Crippen LogP contribution in [-0.4, -0.2) is 36.1 Å². The van der Waals surface area contributed by atoms with Crippen LogP contribution in [0.2, 0.25) is 5.02 Å². The molecule has 0 spiro atoms. The van der Waals surface area contributed by atoms with Crippen LogP contribution in [0, 0.1) is 0 Å². The SMILES string of the molecule is CCOc1cc(C2NC(C(=O)O)CS2)cc(Cl)c1OCC. The lowest BCUT2D eigenvalue weighted by Gasteiger charge is -2.17. The quantitative estimate of drug-likeness (QED) is 0.835. The van der Waals surface area contributed by atoms with Gasteiger partial charge in [0.1, 0.15) is 6.04 Å². The lowest BCUT2D eigenvalue weighted by Crippen LogP contribution is -2.33. The van der Waals surface area contributed by atoms with Crippen LogP contribution in [0.3, 0.4) is 0 Å². The summed E-state index contributed by atoms with van der Waals surface area (Å²) in [6.45, 7) is 4.77. The van der Waals surface area contributed by atoms with Gasteiger partial charge in [-0.05, 0) is 31.5 Å². The number of carboxylic acid groups (broad SMARTS) is 1. The first-order chi connectivity index (χ1) is 10.1. The van der Waals surface area contributed by atoms with E-state index in [0.29, 0.717) is 35.5 Å². The monoisotopic (exact) mass is 331 g/mol. The molecule has 1 aromatic carbocycles. The van der Waals surface area contributed by atoms with Crippen LogP contribution < -0.4 is 14.8 Å². The number of hydrogen-bond acceptors (Lipinski definition) is 5. The number of carbonyl (C=O) groups is 1. The fourth-order valence-electron chi connectivity index (χ4n) is 2.09. The molecule has 1 saturated heterocycles. The van der Waals surface area contributed by atoms with Gasteiger partial charge >= 0.3 is 5.97 Å². The van der Waals surface area contributed by atoms with Crippen molar-refractivity contribution in [2.45, 2.75) is 25.3 Å². The van der Waals surface area contributed by atoms with Gasteiger partial charge in [-0.15, -0.1) is 11.8 Å². The summed E-state index contributed by atoms with van der Waals surface area (Å²) in [5.41, 5.74) is 0.889. The topological polar surface area (TPSA) is 67.8 Å². The van der Waals surface area contributed by atoms with Crippen LogP contribution in [0.1, 0.15) is 24.8 Å². The first kappa shape index (κ1) is 16.3. The molecular formula is C14H18ClNO4S. The molecule has 0 amide bonds. The predicted molar refractivity (Wildman–Crippen MR) is 83.5 cm³/mol. The number of ether oxygens (including phenoxy) is 2. The highest BCUT2D eigenvalue weighted by atomic mass is 35.5. The Bertz CT molecular complexity index is 526. The van der Waals surface area contributed by atoms with Gasteiger partial charge in [-0.3, -0.25) is 10.1 Å². The second-order valence-corrected chi connectivity index (χ2v) is 6.01. The number of rotatable bonds is 6. The van der Waals surface area contributed by atoms with Gasteiger partial charge in [0.25, 0.3) is 0 Å². The highest BCUT2D eigenvalue weighted by molar-refractivity contribution is 7.99. The zero-order valence-corrected chi connectivity index (χ0v) is 13.5. The van der Waals surface area contributed by atoms with Crippen molar-refractivity contribution in [3.63, 3.8) is 0 Å². The molecule has 2 rings (SSSR count). The molecule has 7 heteroatoms. The molecule has 1 aromatic rings. The molecule has 0 radical (unpaired) electrons. The predicted octanol–water partition coefficient (Wildman–Crippen LogP) is 2.93. The first-order valence-corrected chi connectivity index (χ1v) is 8.19. The molecule has 0 saturated carbocycles. The molecule has 1 aliphatic rings. The van der Waals surface area contributed by atoms with Crippen molar-refractivity contribution in [2.75, 3.05) is 19.0 Å². The Balaban J connectivity index is 2.27. The maximum Gasteiger partial charge on any atom is 0.321 e. The van der Waals surface area contributed by atoms with Gasteiger partial charge < -0.3 is 14.6 Å². The summed E-state index contributed by atoms with van der Waals surface area (Å²) in [5, 5.41) is 12.5. The normalized spacial score (nSPS) is 21.3. The molecule has 1 aliphatic heterocycles. The summed E-state index contributed by atoms with van der Waals surface area (Å²) in [7, 11) is 0. The molecule has 0 aromatic heterocycles. The molecule has 0 bridgehead atoms. The molecule has 5 nitrogen and oxygen atoms in total. The van der Waals surface area contributed by atoms with E-state index in [1.807, 2.05) is 19.9 Å². The summed E-state index contributed by atoms with van der Waals surface area (Å²) in [4.78, 5) is 11.0. The Labute approximate surface area is 133 Å².